The molecular weight excluding hydrogens is 256 g/mol. The van der Waals surface area contributed by atoms with Crippen LogP contribution in [0.3, 0.4) is 0 Å². The monoisotopic (exact) mass is 276 g/mol. The highest BCUT2D eigenvalue weighted by molar-refractivity contribution is 8.00. The van der Waals surface area contributed by atoms with E-state index < -0.39 is 0 Å². The predicted octanol–water partition coefficient (Wildman–Crippen LogP) is 1.84. The van der Waals surface area contributed by atoms with Gasteiger partial charge in [-0.3, -0.25) is 4.79 Å². The lowest BCUT2D eigenvalue weighted by Gasteiger charge is -2.24. The molecule has 19 heavy (non-hydrogen) atoms. The van der Waals surface area contributed by atoms with Crippen LogP contribution in [-0.2, 0) is 4.79 Å². The van der Waals surface area contributed by atoms with E-state index in [0.717, 1.165) is 19.6 Å². The van der Waals surface area contributed by atoms with E-state index in [1.54, 1.807) is 11.8 Å². The molecule has 1 amide bonds. The van der Waals surface area contributed by atoms with Crippen molar-refractivity contribution in [3.05, 3.63) is 30.3 Å². The van der Waals surface area contributed by atoms with Gasteiger partial charge in [-0.2, -0.15) is 0 Å². The molecule has 2 aliphatic rings. The third kappa shape index (κ3) is 2.65. The first-order chi connectivity index (χ1) is 9.25. The lowest BCUT2D eigenvalue weighted by molar-refractivity contribution is -0.129. The number of carbonyl (C=O) groups excluding carboxylic acids is 1. The van der Waals surface area contributed by atoms with Crippen LogP contribution in [0.2, 0.25) is 0 Å². The number of carbonyl (C=O) groups is 1. The van der Waals surface area contributed by atoms with E-state index in [-0.39, 0.29) is 5.91 Å². The molecule has 3 nitrogen and oxygen atoms in total. The molecule has 0 spiro atoms. The van der Waals surface area contributed by atoms with Crippen molar-refractivity contribution in [1.82, 2.24) is 10.2 Å². The number of likely N-dealkylation sites (tertiary alicyclic amines) is 1. The lowest BCUT2D eigenvalue weighted by Crippen LogP contribution is -2.39. The van der Waals surface area contributed by atoms with Crippen LogP contribution >= 0.6 is 11.8 Å². The van der Waals surface area contributed by atoms with E-state index in [1.165, 1.54) is 4.90 Å². The molecule has 2 fully saturated rings. The quantitative estimate of drug-likeness (QED) is 0.855. The number of amides is 1. The molecular formula is C15H20N2OS. The van der Waals surface area contributed by atoms with Crippen molar-refractivity contribution in [3.63, 3.8) is 0 Å². The van der Waals surface area contributed by atoms with Crippen LogP contribution < -0.4 is 5.32 Å². The minimum atomic E-state index is 0.288. The van der Waals surface area contributed by atoms with E-state index >= 15 is 0 Å². The maximum absolute atomic E-state index is 12.3. The summed E-state index contributed by atoms with van der Waals surface area (Å²) in [6.45, 7) is 5.28. The Bertz CT molecular complexity index is 451. The molecule has 0 aromatic heterocycles. The summed E-state index contributed by atoms with van der Waals surface area (Å²) in [5.74, 6) is 2.17. The minimum absolute atomic E-state index is 0.288. The number of fused-ring (bicyclic) bond motifs is 1. The van der Waals surface area contributed by atoms with Gasteiger partial charge in [0.25, 0.3) is 0 Å². The summed E-state index contributed by atoms with van der Waals surface area (Å²) >= 11 is 1.64. The summed E-state index contributed by atoms with van der Waals surface area (Å²) in [5, 5.41) is 3.43. The van der Waals surface area contributed by atoms with Gasteiger partial charge in [-0.25, -0.2) is 0 Å². The Balaban J connectivity index is 1.56. The second kappa shape index (κ2) is 5.55. The number of hydrogen-bond acceptors (Lipinski definition) is 3. The third-order valence-electron chi connectivity index (χ3n) is 4.36. The van der Waals surface area contributed by atoms with Crippen molar-refractivity contribution in [3.8, 4) is 0 Å². The van der Waals surface area contributed by atoms with Crippen molar-refractivity contribution in [2.75, 3.05) is 25.4 Å². The molecule has 1 N–H and O–H groups in total. The van der Waals surface area contributed by atoms with Crippen LogP contribution in [0.1, 0.15) is 6.92 Å². The lowest BCUT2D eigenvalue weighted by atomic mass is 9.95. The van der Waals surface area contributed by atoms with Gasteiger partial charge in [0, 0.05) is 30.6 Å². The zero-order chi connectivity index (χ0) is 13.2. The van der Waals surface area contributed by atoms with Gasteiger partial charge in [0.15, 0.2) is 0 Å². The van der Waals surface area contributed by atoms with Gasteiger partial charge < -0.3 is 10.2 Å². The largest absolute Gasteiger partial charge is 0.339 e. The molecule has 1 aromatic rings. The molecule has 0 aliphatic carbocycles. The van der Waals surface area contributed by atoms with Gasteiger partial charge in [-0.15, -0.1) is 11.8 Å². The second-order valence-electron chi connectivity index (χ2n) is 5.47. The van der Waals surface area contributed by atoms with Gasteiger partial charge in [0.1, 0.15) is 0 Å². The van der Waals surface area contributed by atoms with Gasteiger partial charge in [0.05, 0.1) is 5.75 Å². The van der Waals surface area contributed by atoms with Crippen LogP contribution in [0, 0.1) is 11.8 Å². The molecule has 0 bridgehead atoms. The molecule has 3 atom stereocenters. The molecule has 0 saturated carbocycles. The number of benzene rings is 1. The number of rotatable bonds is 3. The SMILES string of the molecule is CC1C2CNCC2CN1C(=O)CSc1ccccc1. The molecule has 2 saturated heterocycles. The summed E-state index contributed by atoms with van der Waals surface area (Å²) in [5.41, 5.74) is 0. The Morgan fingerprint density at radius 2 is 2.16 bits per heavy atom. The first kappa shape index (κ1) is 13.0. The van der Waals surface area contributed by atoms with Crippen LogP contribution in [0.5, 0.6) is 0 Å². The zero-order valence-corrected chi connectivity index (χ0v) is 12.0. The highest BCUT2D eigenvalue weighted by Crippen LogP contribution is 2.33. The summed E-state index contributed by atoms with van der Waals surface area (Å²) in [4.78, 5) is 15.6. The Morgan fingerprint density at radius 1 is 1.37 bits per heavy atom. The first-order valence-corrected chi connectivity index (χ1v) is 7.92. The smallest absolute Gasteiger partial charge is 0.233 e. The average Bonchev–Trinajstić information content (AvgIpc) is 3.01. The molecule has 2 aliphatic heterocycles. The predicted molar refractivity (Wildman–Crippen MR) is 78.2 cm³/mol. The molecule has 3 unspecified atom stereocenters. The Labute approximate surface area is 118 Å². The molecule has 0 radical (unpaired) electrons. The molecule has 3 rings (SSSR count). The van der Waals surface area contributed by atoms with Crippen LogP contribution in [0.4, 0.5) is 0 Å². The summed E-state index contributed by atoms with van der Waals surface area (Å²) in [6.07, 6.45) is 0. The summed E-state index contributed by atoms with van der Waals surface area (Å²) < 4.78 is 0. The van der Waals surface area contributed by atoms with Gasteiger partial charge in [-0.05, 0) is 30.9 Å². The Hall–Kier alpha value is -1.00. The zero-order valence-electron chi connectivity index (χ0n) is 11.2. The number of hydrogen-bond donors (Lipinski definition) is 1. The number of nitrogens with zero attached hydrogens (tertiary/aromatic N) is 1. The van der Waals surface area contributed by atoms with E-state index in [1.807, 2.05) is 18.2 Å². The van der Waals surface area contributed by atoms with Crippen LogP contribution in [0.25, 0.3) is 0 Å². The van der Waals surface area contributed by atoms with Gasteiger partial charge in [-0.1, -0.05) is 18.2 Å². The molecule has 102 valence electrons. The molecule has 1 aromatic carbocycles. The average molecular weight is 276 g/mol. The van der Waals surface area contributed by atoms with Crippen molar-refractivity contribution in [1.29, 1.82) is 0 Å². The highest BCUT2D eigenvalue weighted by Gasteiger charge is 2.43. The standard InChI is InChI=1S/C15H20N2OS/c1-11-14-8-16-7-12(14)9-17(11)15(18)10-19-13-5-3-2-4-6-13/h2-6,11-12,14,16H,7-10H2,1H3. The highest BCUT2D eigenvalue weighted by atomic mass is 32.2. The summed E-state index contributed by atoms with van der Waals surface area (Å²) in [6, 6.07) is 10.5. The fourth-order valence-electron chi connectivity index (χ4n) is 3.24. The second-order valence-corrected chi connectivity index (χ2v) is 6.52. The van der Waals surface area contributed by atoms with Crippen molar-refractivity contribution in [2.45, 2.75) is 17.9 Å². The van der Waals surface area contributed by atoms with E-state index in [9.17, 15) is 4.79 Å². The first-order valence-electron chi connectivity index (χ1n) is 6.94. The third-order valence-corrected chi connectivity index (χ3v) is 5.36. The Morgan fingerprint density at radius 3 is 2.89 bits per heavy atom. The van der Waals surface area contributed by atoms with E-state index in [4.69, 9.17) is 0 Å². The topological polar surface area (TPSA) is 32.3 Å². The van der Waals surface area contributed by atoms with E-state index in [2.05, 4.69) is 29.3 Å². The van der Waals surface area contributed by atoms with Crippen LogP contribution in [0.15, 0.2) is 35.2 Å². The van der Waals surface area contributed by atoms with Crippen molar-refractivity contribution in [2.24, 2.45) is 11.8 Å². The summed E-state index contributed by atoms with van der Waals surface area (Å²) in [7, 11) is 0. The normalized spacial score (nSPS) is 29.5. The maximum Gasteiger partial charge on any atom is 0.233 e. The fourth-order valence-corrected chi connectivity index (χ4v) is 4.05. The van der Waals surface area contributed by atoms with Crippen molar-refractivity contribution < 1.29 is 4.79 Å². The number of nitrogens with one attached hydrogen (secondary N) is 1. The van der Waals surface area contributed by atoms with Gasteiger partial charge in [0.2, 0.25) is 5.91 Å². The van der Waals surface area contributed by atoms with E-state index in [0.29, 0.717) is 23.6 Å². The fraction of sp³-hybridized carbons (Fsp3) is 0.533. The molecule has 4 heteroatoms. The maximum atomic E-state index is 12.3. The van der Waals surface area contributed by atoms with Gasteiger partial charge >= 0.3 is 0 Å². The van der Waals surface area contributed by atoms with Crippen LogP contribution in [-0.4, -0.2) is 42.2 Å². The van der Waals surface area contributed by atoms with Crippen molar-refractivity contribution >= 4 is 17.7 Å². The Kier molecular flexibility index (Phi) is 3.80. The molecule has 2 heterocycles. The number of thioether (sulfide) groups is 1. The minimum Gasteiger partial charge on any atom is -0.339 e.